The van der Waals surface area contributed by atoms with Gasteiger partial charge in [0.05, 0.1) is 13.0 Å². The molecular formula is C21H28BrN3O3. The molecule has 2 fully saturated rings. The molecule has 1 aromatic carbocycles. The number of anilines is 1. The Bertz CT molecular complexity index is 740. The first-order valence-electron chi connectivity index (χ1n) is 10.3. The smallest absolute Gasteiger partial charge is 0.409 e. The molecule has 3 aliphatic heterocycles. The average molecular weight is 450 g/mol. The van der Waals surface area contributed by atoms with Gasteiger partial charge in [-0.25, -0.2) is 4.79 Å². The second-order valence-corrected chi connectivity index (χ2v) is 8.81. The zero-order valence-electron chi connectivity index (χ0n) is 16.4. The Morgan fingerprint density at radius 1 is 1.11 bits per heavy atom. The van der Waals surface area contributed by atoms with Crippen molar-refractivity contribution in [1.29, 1.82) is 0 Å². The summed E-state index contributed by atoms with van der Waals surface area (Å²) in [5, 5.41) is 0. The zero-order valence-corrected chi connectivity index (χ0v) is 18.0. The van der Waals surface area contributed by atoms with Crippen molar-refractivity contribution in [2.75, 3.05) is 37.7 Å². The number of amides is 2. The van der Waals surface area contributed by atoms with E-state index in [9.17, 15) is 9.59 Å². The normalized spacial score (nSPS) is 21.9. The lowest BCUT2D eigenvalue weighted by molar-refractivity contribution is -0.118. The van der Waals surface area contributed by atoms with Gasteiger partial charge in [-0.2, -0.15) is 0 Å². The summed E-state index contributed by atoms with van der Waals surface area (Å²) < 4.78 is 6.14. The van der Waals surface area contributed by atoms with Gasteiger partial charge in [0.2, 0.25) is 5.91 Å². The number of rotatable bonds is 3. The summed E-state index contributed by atoms with van der Waals surface area (Å²) in [4.78, 5) is 30.9. The minimum atomic E-state index is -0.183. The molecule has 1 aromatic rings. The summed E-state index contributed by atoms with van der Waals surface area (Å²) >= 11 is 3.54. The quantitative estimate of drug-likeness (QED) is 0.709. The van der Waals surface area contributed by atoms with Crippen molar-refractivity contribution >= 4 is 33.6 Å². The summed E-state index contributed by atoms with van der Waals surface area (Å²) in [5.41, 5.74) is 2.22. The molecule has 6 nitrogen and oxygen atoms in total. The van der Waals surface area contributed by atoms with Crippen LogP contribution in [0.15, 0.2) is 22.7 Å². The number of likely N-dealkylation sites (tertiary alicyclic amines) is 2. The largest absolute Gasteiger partial charge is 0.450 e. The summed E-state index contributed by atoms with van der Waals surface area (Å²) in [6.07, 6.45) is 4.36. The van der Waals surface area contributed by atoms with Gasteiger partial charge in [-0.15, -0.1) is 0 Å². The summed E-state index contributed by atoms with van der Waals surface area (Å²) in [7, 11) is 0. The van der Waals surface area contributed by atoms with Crippen LogP contribution in [0.2, 0.25) is 0 Å². The van der Waals surface area contributed by atoms with Crippen LogP contribution in [-0.4, -0.2) is 66.7 Å². The Kier molecular flexibility index (Phi) is 5.92. The van der Waals surface area contributed by atoms with Crippen molar-refractivity contribution < 1.29 is 14.3 Å². The summed E-state index contributed by atoms with van der Waals surface area (Å²) in [6.45, 7) is 5.85. The third kappa shape index (κ3) is 3.92. The fourth-order valence-electron chi connectivity index (χ4n) is 4.83. The Morgan fingerprint density at radius 3 is 2.46 bits per heavy atom. The van der Waals surface area contributed by atoms with Crippen LogP contribution < -0.4 is 4.90 Å². The second kappa shape index (κ2) is 8.41. The maximum Gasteiger partial charge on any atom is 0.409 e. The molecule has 3 aliphatic rings. The van der Waals surface area contributed by atoms with E-state index in [4.69, 9.17) is 4.74 Å². The van der Waals surface area contributed by atoms with Crippen molar-refractivity contribution in [3.63, 3.8) is 0 Å². The minimum absolute atomic E-state index is 0.183. The first kappa shape index (κ1) is 19.7. The molecule has 0 unspecified atom stereocenters. The molecule has 28 heavy (non-hydrogen) atoms. The van der Waals surface area contributed by atoms with Gasteiger partial charge in [-0.1, -0.05) is 22.0 Å². The van der Waals surface area contributed by atoms with Gasteiger partial charge >= 0.3 is 6.09 Å². The van der Waals surface area contributed by atoms with E-state index in [1.54, 1.807) is 0 Å². The first-order chi connectivity index (χ1) is 13.6. The maximum absolute atomic E-state index is 12.6. The first-order valence-corrected chi connectivity index (χ1v) is 11.1. The van der Waals surface area contributed by atoms with Gasteiger partial charge in [-0.05, 0) is 50.3 Å². The van der Waals surface area contributed by atoms with Gasteiger partial charge in [0.15, 0.2) is 0 Å². The standard InChI is InChI=1S/C21H28BrN3O3/c1-2-28-21(27)24-11-5-17(6-12-24)23-9-7-18(8-10-23)25-19-14-16(22)4-3-15(19)13-20(25)26/h3-4,14,17-18H,2,5-13H2,1H3. The van der Waals surface area contributed by atoms with Crippen LogP contribution in [0.1, 0.15) is 38.2 Å². The Hall–Kier alpha value is -1.60. The van der Waals surface area contributed by atoms with E-state index < -0.39 is 0 Å². The van der Waals surface area contributed by atoms with E-state index in [0.29, 0.717) is 25.1 Å². The number of carbonyl (C=O) groups excluding carboxylic acids is 2. The monoisotopic (exact) mass is 449 g/mol. The fraction of sp³-hybridized carbons (Fsp3) is 0.619. The number of nitrogens with zero attached hydrogens (tertiary/aromatic N) is 3. The highest BCUT2D eigenvalue weighted by Crippen LogP contribution is 2.36. The predicted molar refractivity (Wildman–Crippen MR) is 112 cm³/mol. The maximum atomic E-state index is 12.6. The van der Waals surface area contributed by atoms with E-state index in [2.05, 4.69) is 33.0 Å². The number of carbonyl (C=O) groups is 2. The van der Waals surface area contributed by atoms with Crippen molar-refractivity contribution in [1.82, 2.24) is 9.80 Å². The van der Waals surface area contributed by atoms with Crippen LogP contribution in [0.25, 0.3) is 0 Å². The molecule has 0 radical (unpaired) electrons. The molecule has 3 heterocycles. The molecule has 2 amide bonds. The lowest BCUT2D eigenvalue weighted by Gasteiger charge is -2.43. The van der Waals surface area contributed by atoms with Crippen molar-refractivity contribution in [2.45, 2.75) is 51.1 Å². The van der Waals surface area contributed by atoms with Crippen molar-refractivity contribution in [3.05, 3.63) is 28.2 Å². The summed E-state index contributed by atoms with van der Waals surface area (Å²) in [5.74, 6) is 0.231. The third-order valence-electron chi connectivity index (χ3n) is 6.29. The number of ether oxygens (including phenoxy) is 1. The van der Waals surface area contributed by atoms with Crippen LogP contribution in [0, 0.1) is 0 Å². The molecule has 7 heteroatoms. The van der Waals surface area contributed by atoms with E-state index in [-0.39, 0.29) is 12.0 Å². The number of piperidine rings is 2. The topological polar surface area (TPSA) is 53.1 Å². The van der Waals surface area contributed by atoms with Crippen LogP contribution in [0.5, 0.6) is 0 Å². The molecule has 0 spiro atoms. The number of benzene rings is 1. The van der Waals surface area contributed by atoms with Gasteiger partial charge < -0.3 is 19.4 Å². The van der Waals surface area contributed by atoms with Gasteiger partial charge in [0.1, 0.15) is 0 Å². The second-order valence-electron chi connectivity index (χ2n) is 7.90. The van der Waals surface area contributed by atoms with E-state index in [0.717, 1.165) is 67.6 Å². The SMILES string of the molecule is CCOC(=O)N1CCC(N2CCC(N3C(=O)Cc4ccc(Br)cc43)CC2)CC1. The van der Waals surface area contributed by atoms with Crippen molar-refractivity contribution in [2.24, 2.45) is 0 Å². The third-order valence-corrected chi connectivity index (χ3v) is 6.78. The summed E-state index contributed by atoms with van der Waals surface area (Å²) in [6, 6.07) is 6.98. The zero-order chi connectivity index (χ0) is 19.7. The highest BCUT2D eigenvalue weighted by atomic mass is 79.9. The fourth-order valence-corrected chi connectivity index (χ4v) is 5.18. The van der Waals surface area contributed by atoms with Crippen LogP contribution in [-0.2, 0) is 16.0 Å². The highest BCUT2D eigenvalue weighted by molar-refractivity contribution is 9.10. The van der Waals surface area contributed by atoms with E-state index in [1.807, 2.05) is 22.8 Å². The van der Waals surface area contributed by atoms with Crippen LogP contribution in [0.3, 0.4) is 0 Å². The lowest BCUT2D eigenvalue weighted by Crippen LogP contribution is -2.52. The Morgan fingerprint density at radius 2 is 1.79 bits per heavy atom. The lowest BCUT2D eigenvalue weighted by atomic mass is 9.97. The molecule has 4 rings (SSSR count). The highest BCUT2D eigenvalue weighted by Gasteiger charge is 2.36. The molecular weight excluding hydrogens is 422 g/mol. The molecule has 0 saturated carbocycles. The molecule has 0 aliphatic carbocycles. The molecule has 0 aromatic heterocycles. The molecule has 0 atom stereocenters. The molecule has 0 bridgehead atoms. The van der Waals surface area contributed by atoms with Crippen LogP contribution >= 0.6 is 15.9 Å². The van der Waals surface area contributed by atoms with Gasteiger partial charge in [0.25, 0.3) is 0 Å². The van der Waals surface area contributed by atoms with Crippen LogP contribution in [0.4, 0.5) is 10.5 Å². The van der Waals surface area contributed by atoms with Gasteiger partial charge in [0, 0.05) is 48.4 Å². The Balaban J connectivity index is 1.32. The molecule has 152 valence electrons. The number of hydrogen-bond donors (Lipinski definition) is 0. The number of hydrogen-bond acceptors (Lipinski definition) is 4. The van der Waals surface area contributed by atoms with E-state index in [1.165, 1.54) is 0 Å². The minimum Gasteiger partial charge on any atom is -0.450 e. The van der Waals surface area contributed by atoms with E-state index >= 15 is 0 Å². The molecule has 0 N–H and O–H groups in total. The average Bonchev–Trinajstić information content (AvgIpc) is 3.03. The Labute approximate surface area is 174 Å². The predicted octanol–water partition coefficient (Wildman–Crippen LogP) is 3.42. The number of fused-ring (bicyclic) bond motifs is 1. The van der Waals surface area contributed by atoms with Crippen molar-refractivity contribution in [3.8, 4) is 0 Å². The number of halogens is 1. The molecule has 2 saturated heterocycles. The van der Waals surface area contributed by atoms with Gasteiger partial charge in [-0.3, -0.25) is 4.79 Å².